The Hall–Kier alpha value is -1.74. The van der Waals surface area contributed by atoms with E-state index in [-0.39, 0.29) is 5.57 Å². The van der Waals surface area contributed by atoms with Crippen LogP contribution in [-0.2, 0) is 9.53 Å². The minimum atomic E-state index is -0.568. The third-order valence-electron chi connectivity index (χ3n) is 2.24. The molecule has 0 radical (unpaired) electrons. The van der Waals surface area contributed by atoms with Crippen LogP contribution < -0.4 is 10.6 Å². The molecule has 5 nitrogen and oxygen atoms in total. The first kappa shape index (κ1) is 16.3. The number of nitrogens with one attached hydrogen (secondary N) is 2. The Kier molecular flexibility index (Phi) is 6.88. The summed E-state index contributed by atoms with van der Waals surface area (Å²) < 4.78 is 4.83. The third-order valence-corrected chi connectivity index (χ3v) is 2.80. The quantitative estimate of drug-likeness (QED) is 0.481. The Morgan fingerprint density at radius 3 is 2.90 bits per heavy atom. The maximum atomic E-state index is 11.9. The van der Waals surface area contributed by atoms with Crippen molar-refractivity contribution in [3.8, 4) is 6.07 Å². The van der Waals surface area contributed by atoms with E-state index in [0.717, 1.165) is 0 Å². The van der Waals surface area contributed by atoms with E-state index in [4.69, 9.17) is 33.2 Å². The largest absolute Gasteiger partial charge is 0.387 e. The van der Waals surface area contributed by atoms with Gasteiger partial charge in [0, 0.05) is 24.9 Å². The molecular weight excluding hydrogens is 301 g/mol. The number of methoxy groups -OCH3 is 1. The first-order valence-electron chi connectivity index (χ1n) is 5.67. The molecule has 20 heavy (non-hydrogen) atoms. The number of hydrogen-bond acceptors (Lipinski definition) is 4. The van der Waals surface area contributed by atoms with Gasteiger partial charge in [0.2, 0.25) is 0 Å². The molecule has 2 N–H and O–H groups in total. The maximum Gasteiger partial charge on any atom is 0.267 e. The van der Waals surface area contributed by atoms with Gasteiger partial charge in [-0.2, -0.15) is 5.26 Å². The molecule has 0 aliphatic heterocycles. The first-order valence-corrected chi connectivity index (χ1v) is 6.43. The van der Waals surface area contributed by atoms with Crippen LogP contribution in [0.4, 0.5) is 5.69 Å². The smallest absolute Gasteiger partial charge is 0.267 e. The predicted octanol–water partition coefficient (Wildman–Crippen LogP) is 2.58. The Balaban J connectivity index is 2.73. The highest BCUT2D eigenvalue weighted by Gasteiger charge is 2.11. The van der Waals surface area contributed by atoms with Crippen LogP contribution in [0.5, 0.6) is 0 Å². The molecule has 106 valence electrons. The van der Waals surface area contributed by atoms with E-state index in [9.17, 15) is 4.79 Å². The van der Waals surface area contributed by atoms with E-state index in [2.05, 4.69) is 10.6 Å². The van der Waals surface area contributed by atoms with Crippen LogP contribution in [-0.4, -0.2) is 26.2 Å². The number of benzene rings is 1. The minimum Gasteiger partial charge on any atom is -0.387 e. The Morgan fingerprint density at radius 2 is 2.25 bits per heavy atom. The summed E-state index contributed by atoms with van der Waals surface area (Å²) in [6, 6.07) is 6.48. The van der Waals surface area contributed by atoms with E-state index in [0.29, 0.717) is 28.9 Å². The molecule has 0 saturated carbocycles. The molecule has 1 aromatic rings. The number of carbonyl (C=O) groups excluding carboxylic acids is 1. The topological polar surface area (TPSA) is 74.1 Å². The van der Waals surface area contributed by atoms with Gasteiger partial charge in [-0.1, -0.05) is 23.2 Å². The van der Waals surface area contributed by atoms with Gasteiger partial charge in [0.25, 0.3) is 5.91 Å². The van der Waals surface area contributed by atoms with Crippen molar-refractivity contribution < 1.29 is 9.53 Å². The fourth-order valence-electron chi connectivity index (χ4n) is 1.27. The maximum absolute atomic E-state index is 11.9. The lowest BCUT2D eigenvalue weighted by atomic mass is 10.2. The normalized spacial score (nSPS) is 10.8. The predicted molar refractivity (Wildman–Crippen MR) is 78.7 cm³/mol. The number of anilines is 1. The summed E-state index contributed by atoms with van der Waals surface area (Å²) in [4.78, 5) is 11.9. The molecule has 0 heterocycles. The van der Waals surface area contributed by atoms with Crippen molar-refractivity contribution >= 4 is 34.8 Å². The number of halogens is 2. The Morgan fingerprint density at radius 1 is 1.50 bits per heavy atom. The van der Waals surface area contributed by atoms with E-state index < -0.39 is 5.91 Å². The van der Waals surface area contributed by atoms with Gasteiger partial charge in [-0.15, -0.1) is 0 Å². The van der Waals surface area contributed by atoms with E-state index >= 15 is 0 Å². The van der Waals surface area contributed by atoms with Crippen molar-refractivity contribution in [3.63, 3.8) is 0 Å². The fourth-order valence-corrected chi connectivity index (χ4v) is 1.60. The van der Waals surface area contributed by atoms with Gasteiger partial charge in [-0.05, 0) is 18.2 Å². The highest BCUT2D eigenvalue weighted by Crippen LogP contribution is 2.25. The number of amides is 1. The molecule has 0 aliphatic carbocycles. The van der Waals surface area contributed by atoms with Crippen LogP contribution in [0.1, 0.15) is 0 Å². The minimum absolute atomic E-state index is 0.0721. The van der Waals surface area contributed by atoms with Gasteiger partial charge in [-0.3, -0.25) is 4.79 Å². The van der Waals surface area contributed by atoms with Crippen molar-refractivity contribution in [2.45, 2.75) is 0 Å². The summed E-state index contributed by atoms with van der Waals surface area (Å²) in [5.41, 5.74) is 0.277. The number of nitriles is 1. The van der Waals surface area contributed by atoms with Crippen molar-refractivity contribution in [1.82, 2.24) is 5.32 Å². The molecule has 1 rings (SSSR count). The number of rotatable bonds is 6. The number of carbonyl (C=O) groups is 1. The Bertz CT molecular complexity index is 553. The van der Waals surface area contributed by atoms with Crippen molar-refractivity contribution in [2.75, 3.05) is 25.6 Å². The summed E-state index contributed by atoms with van der Waals surface area (Å²) >= 11 is 11.7. The summed E-state index contributed by atoms with van der Waals surface area (Å²) in [5, 5.41) is 15.0. The zero-order valence-electron chi connectivity index (χ0n) is 10.7. The lowest BCUT2D eigenvalue weighted by molar-refractivity contribution is -0.112. The fraction of sp³-hybridized carbons (Fsp3) is 0.231. The van der Waals surface area contributed by atoms with E-state index in [1.807, 2.05) is 0 Å². The van der Waals surface area contributed by atoms with Gasteiger partial charge < -0.3 is 15.4 Å². The van der Waals surface area contributed by atoms with Crippen LogP contribution in [0, 0.1) is 11.3 Å². The average Bonchev–Trinajstić information content (AvgIpc) is 2.43. The highest BCUT2D eigenvalue weighted by atomic mass is 35.5. The molecule has 7 heteroatoms. The molecule has 0 fully saturated rings. The molecular formula is C13H13Cl2N3O2. The van der Waals surface area contributed by atoms with Gasteiger partial charge in [-0.25, -0.2) is 0 Å². The SMILES string of the molecule is COCCN/C=C(/C#N)C(=O)Nc1cc(Cl)ccc1Cl. The Labute approximate surface area is 127 Å². The van der Waals surface area contributed by atoms with Crippen molar-refractivity contribution in [1.29, 1.82) is 5.26 Å². The zero-order chi connectivity index (χ0) is 15.0. The highest BCUT2D eigenvalue weighted by molar-refractivity contribution is 6.35. The number of nitrogens with zero attached hydrogens (tertiary/aromatic N) is 1. The van der Waals surface area contributed by atoms with Crippen LogP contribution in [0.3, 0.4) is 0 Å². The molecule has 0 aromatic heterocycles. The molecule has 1 amide bonds. The van der Waals surface area contributed by atoms with Gasteiger partial charge in [0.1, 0.15) is 11.6 Å². The van der Waals surface area contributed by atoms with E-state index in [1.165, 1.54) is 12.3 Å². The standard InChI is InChI=1S/C13H13Cl2N3O2/c1-20-5-4-17-8-9(7-16)13(19)18-12-6-10(14)2-3-11(12)15/h2-3,6,8,17H,4-5H2,1H3,(H,18,19)/b9-8-. The molecule has 1 aromatic carbocycles. The van der Waals surface area contributed by atoms with Crippen molar-refractivity contribution in [2.24, 2.45) is 0 Å². The summed E-state index contributed by atoms with van der Waals surface area (Å²) in [6.07, 6.45) is 1.33. The van der Waals surface area contributed by atoms with Gasteiger partial charge >= 0.3 is 0 Å². The molecule has 0 unspecified atom stereocenters. The van der Waals surface area contributed by atoms with Gasteiger partial charge in [0.15, 0.2) is 0 Å². The van der Waals surface area contributed by atoms with Gasteiger partial charge in [0.05, 0.1) is 17.3 Å². The zero-order valence-corrected chi connectivity index (χ0v) is 12.3. The summed E-state index contributed by atoms with van der Waals surface area (Å²) in [7, 11) is 1.56. The molecule has 0 bridgehead atoms. The second-order valence-electron chi connectivity index (χ2n) is 3.70. The second kappa shape index (κ2) is 8.43. The lowest BCUT2D eigenvalue weighted by Crippen LogP contribution is -2.19. The molecule has 0 atom stereocenters. The van der Waals surface area contributed by atoms with Crippen LogP contribution in [0.2, 0.25) is 10.0 Å². The number of ether oxygens (including phenoxy) is 1. The molecule has 0 aliphatic rings. The third kappa shape index (κ3) is 5.10. The monoisotopic (exact) mass is 313 g/mol. The summed E-state index contributed by atoms with van der Waals surface area (Å²) in [6.45, 7) is 0.962. The lowest BCUT2D eigenvalue weighted by Gasteiger charge is -2.07. The van der Waals surface area contributed by atoms with Crippen LogP contribution in [0.25, 0.3) is 0 Å². The second-order valence-corrected chi connectivity index (χ2v) is 4.54. The molecule has 0 spiro atoms. The van der Waals surface area contributed by atoms with Crippen LogP contribution >= 0.6 is 23.2 Å². The number of hydrogen-bond donors (Lipinski definition) is 2. The van der Waals surface area contributed by atoms with E-state index in [1.54, 1.807) is 25.3 Å². The van der Waals surface area contributed by atoms with Crippen molar-refractivity contribution in [3.05, 3.63) is 40.0 Å². The van der Waals surface area contributed by atoms with Crippen LogP contribution in [0.15, 0.2) is 30.0 Å². The average molecular weight is 314 g/mol. The molecule has 0 saturated heterocycles. The summed E-state index contributed by atoms with van der Waals surface area (Å²) in [5.74, 6) is -0.568. The first-order chi connectivity index (χ1) is 9.58.